The van der Waals surface area contributed by atoms with Crippen molar-refractivity contribution in [3.8, 4) is 0 Å². The maximum atomic E-state index is 12.6. The van der Waals surface area contributed by atoms with Gasteiger partial charge in [0.05, 0.1) is 11.8 Å². The number of halogens is 1. The molecule has 0 atom stereocenters. The molecule has 0 saturated carbocycles. The van der Waals surface area contributed by atoms with Gasteiger partial charge in [-0.2, -0.15) is 5.10 Å². The van der Waals surface area contributed by atoms with Crippen molar-refractivity contribution in [1.29, 1.82) is 0 Å². The highest BCUT2D eigenvalue weighted by molar-refractivity contribution is 6.31. The van der Waals surface area contributed by atoms with Crippen LogP contribution in [0.15, 0.2) is 34.8 Å². The number of anilines is 1. The van der Waals surface area contributed by atoms with Crippen LogP contribution in [0.4, 0.5) is 5.69 Å². The van der Waals surface area contributed by atoms with E-state index in [1.54, 1.807) is 6.07 Å². The van der Waals surface area contributed by atoms with Crippen LogP contribution in [0.3, 0.4) is 0 Å². The van der Waals surface area contributed by atoms with E-state index in [2.05, 4.69) is 21.8 Å². The zero-order valence-corrected chi connectivity index (χ0v) is 16.3. The van der Waals surface area contributed by atoms with Gasteiger partial charge in [-0.3, -0.25) is 9.59 Å². The minimum atomic E-state index is -0.381. The van der Waals surface area contributed by atoms with Gasteiger partial charge in [0.1, 0.15) is 0 Å². The summed E-state index contributed by atoms with van der Waals surface area (Å²) in [6, 6.07) is 4.93. The maximum Gasteiger partial charge on any atom is 0.267 e. The minimum absolute atomic E-state index is 0.224. The van der Waals surface area contributed by atoms with Crippen LogP contribution in [0.5, 0.6) is 0 Å². The van der Waals surface area contributed by atoms with Crippen molar-refractivity contribution < 1.29 is 4.79 Å². The van der Waals surface area contributed by atoms with E-state index in [0.717, 1.165) is 37.1 Å². The Kier molecular flexibility index (Phi) is 6.08. The number of amides is 1. The third-order valence-corrected chi connectivity index (χ3v) is 4.92. The zero-order valence-electron chi connectivity index (χ0n) is 15.5. The molecule has 0 aliphatic carbocycles. The van der Waals surface area contributed by atoms with E-state index in [1.165, 1.54) is 22.5 Å². The summed E-state index contributed by atoms with van der Waals surface area (Å²) >= 11 is 6.28. The van der Waals surface area contributed by atoms with E-state index < -0.39 is 0 Å². The lowest BCUT2D eigenvalue weighted by Crippen LogP contribution is -2.24. The lowest BCUT2D eigenvalue weighted by molar-refractivity contribution is 0.102. The van der Waals surface area contributed by atoms with Crippen LogP contribution >= 0.6 is 11.6 Å². The summed E-state index contributed by atoms with van der Waals surface area (Å²) in [6.07, 6.45) is 5.57. The van der Waals surface area contributed by atoms with Gasteiger partial charge in [0, 0.05) is 23.3 Å². The number of nitrogens with one attached hydrogen (secondary N) is 2. The van der Waals surface area contributed by atoms with E-state index in [9.17, 15) is 9.59 Å². The van der Waals surface area contributed by atoms with Crippen LogP contribution in [0.25, 0.3) is 6.08 Å². The number of aryl methyl sites for hydroxylation is 1. The highest BCUT2D eigenvalue weighted by atomic mass is 35.5. The average Bonchev–Trinajstić information content (AvgIpc) is 2.66. The fourth-order valence-corrected chi connectivity index (χ4v) is 3.31. The molecule has 142 valence electrons. The highest BCUT2D eigenvalue weighted by Gasteiger charge is 2.13. The molecule has 2 N–H and O–H groups in total. The summed E-state index contributed by atoms with van der Waals surface area (Å²) in [5.74, 6) is -0.381. The van der Waals surface area contributed by atoms with Crippen LogP contribution in [0.1, 0.15) is 41.3 Å². The molecule has 0 unspecified atom stereocenters. The molecule has 1 saturated heterocycles. The molecule has 1 aromatic carbocycles. The smallest absolute Gasteiger partial charge is 0.267 e. The Bertz CT molecular complexity index is 941. The first-order valence-electron chi connectivity index (χ1n) is 9.06. The molecule has 1 aliphatic rings. The quantitative estimate of drug-likeness (QED) is 0.845. The van der Waals surface area contributed by atoms with Crippen molar-refractivity contribution in [2.75, 3.05) is 18.4 Å². The Balaban J connectivity index is 1.87. The normalized spacial score (nSPS) is 14.1. The summed E-state index contributed by atoms with van der Waals surface area (Å²) in [5.41, 5.74) is 3.85. The second-order valence-electron chi connectivity index (χ2n) is 6.57. The van der Waals surface area contributed by atoms with Gasteiger partial charge < -0.3 is 10.6 Å². The fraction of sp³-hybridized carbons (Fsp3) is 0.350. The molecule has 27 heavy (non-hydrogen) atoms. The summed E-state index contributed by atoms with van der Waals surface area (Å²) < 4.78 is 1.30. The van der Waals surface area contributed by atoms with Crippen molar-refractivity contribution in [1.82, 2.24) is 15.1 Å². The van der Waals surface area contributed by atoms with E-state index in [1.807, 2.05) is 19.9 Å². The van der Waals surface area contributed by atoms with Gasteiger partial charge >= 0.3 is 0 Å². The number of carbonyl (C=O) groups is 1. The van der Waals surface area contributed by atoms with Crippen LogP contribution in [0.2, 0.25) is 5.02 Å². The van der Waals surface area contributed by atoms with Crippen LogP contribution in [-0.4, -0.2) is 28.8 Å². The average molecular weight is 387 g/mol. The number of benzene rings is 1. The van der Waals surface area contributed by atoms with Crippen molar-refractivity contribution in [2.45, 2.75) is 33.2 Å². The molecule has 0 radical (unpaired) electrons. The van der Waals surface area contributed by atoms with Gasteiger partial charge in [0.15, 0.2) is 0 Å². The second kappa shape index (κ2) is 8.50. The van der Waals surface area contributed by atoms with Crippen molar-refractivity contribution in [2.24, 2.45) is 0 Å². The first kappa shape index (κ1) is 19.3. The number of nitrogens with zero attached hydrogens (tertiary/aromatic N) is 2. The number of hydrogen-bond acceptors (Lipinski definition) is 4. The number of carbonyl (C=O) groups excluding carboxylic acids is 1. The van der Waals surface area contributed by atoms with Gasteiger partial charge in [0.2, 0.25) is 0 Å². The standard InChI is InChI=1S/C20H23ClN4O2/c1-3-25-19(26)10-16(12-23-25)20(27)24-18-11-17(21)9-15(13(18)2)8-14-4-6-22-7-5-14/h8-12,22H,3-7H2,1-2H3,(H,24,27). The molecule has 1 amide bonds. The monoisotopic (exact) mass is 386 g/mol. The first-order valence-corrected chi connectivity index (χ1v) is 9.44. The fourth-order valence-electron chi connectivity index (χ4n) is 3.08. The third-order valence-electron chi connectivity index (χ3n) is 4.70. The van der Waals surface area contributed by atoms with Crippen molar-refractivity contribution in [3.63, 3.8) is 0 Å². The van der Waals surface area contributed by atoms with Crippen LogP contribution in [0, 0.1) is 6.92 Å². The lowest BCUT2D eigenvalue weighted by Gasteiger charge is -2.17. The number of aromatic nitrogens is 2. The summed E-state index contributed by atoms with van der Waals surface area (Å²) in [5, 5.41) is 10.7. The largest absolute Gasteiger partial charge is 0.322 e. The topological polar surface area (TPSA) is 76.0 Å². The van der Waals surface area contributed by atoms with E-state index in [0.29, 0.717) is 17.3 Å². The minimum Gasteiger partial charge on any atom is -0.322 e. The molecule has 1 aliphatic heterocycles. The molecule has 6 nitrogen and oxygen atoms in total. The van der Waals surface area contributed by atoms with Gasteiger partial charge in [0.25, 0.3) is 11.5 Å². The zero-order chi connectivity index (χ0) is 19.4. The summed E-state index contributed by atoms with van der Waals surface area (Å²) in [7, 11) is 0. The SMILES string of the molecule is CCn1ncc(C(=O)Nc2cc(Cl)cc(C=C3CCNCC3)c2C)cc1=O. The number of rotatable bonds is 4. The van der Waals surface area contributed by atoms with Crippen molar-refractivity contribution in [3.05, 3.63) is 62.0 Å². The maximum absolute atomic E-state index is 12.6. The van der Waals surface area contributed by atoms with Gasteiger partial charge in [-0.25, -0.2) is 4.68 Å². The third kappa shape index (κ3) is 4.64. The molecule has 7 heteroatoms. The Morgan fingerprint density at radius 3 is 2.74 bits per heavy atom. The Morgan fingerprint density at radius 2 is 2.07 bits per heavy atom. The van der Waals surface area contributed by atoms with Crippen LogP contribution < -0.4 is 16.2 Å². The first-order chi connectivity index (χ1) is 13.0. The Morgan fingerprint density at radius 1 is 1.33 bits per heavy atom. The van der Waals surface area contributed by atoms with Gasteiger partial charge in [-0.05, 0) is 63.0 Å². The predicted octanol–water partition coefficient (Wildman–Crippen LogP) is 3.24. The summed E-state index contributed by atoms with van der Waals surface area (Å²) in [6.45, 7) is 6.19. The highest BCUT2D eigenvalue weighted by Crippen LogP contribution is 2.28. The van der Waals surface area contributed by atoms with E-state index in [-0.39, 0.29) is 17.0 Å². The predicted molar refractivity (Wildman–Crippen MR) is 108 cm³/mol. The number of hydrogen-bond donors (Lipinski definition) is 2. The molecule has 0 spiro atoms. The summed E-state index contributed by atoms with van der Waals surface area (Å²) in [4.78, 5) is 24.5. The molecule has 2 heterocycles. The molecular weight excluding hydrogens is 364 g/mol. The van der Waals surface area contributed by atoms with E-state index >= 15 is 0 Å². The Labute approximate surface area is 163 Å². The van der Waals surface area contributed by atoms with Crippen molar-refractivity contribution >= 4 is 29.3 Å². The molecule has 2 aromatic rings. The molecule has 1 aromatic heterocycles. The number of piperidine rings is 1. The molecule has 0 bridgehead atoms. The lowest BCUT2D eigenvalue weighted by atomic mass is 9.99. The van der Waals surface area contributed by atoms with E-state index in [4.69, 9.17) is 11.6 Å². The van der Waals surface area contributed by atoms with Gasteiger partial charge in [-0.1, -0.05) is 23.3 Å². The second-order valence-corrected chi connectivity index (χ2v) is 7.01. The van der Waals surface area contributed by atoms with Crippen LogP contribution in [-0.2, 0) is 6.54 Å². The molecular formula is C20H23ClN4O2. The molecule has 3 rings (SSSR count). The van der Waals surface area contributed by atoms with Gasteiger partial charge in [-0.15, -0.1) is 0 Å². The Hall–Kier alpha value is -2.44. The molecule has 1 fully saturated rings.